The number of benzene rings is 1. The third kappa shape index (κ3) is 1.58. The number of hydrogen-bond acceptors (Lipinski definition) is 4. The first-order valence-electron chi connectivity index (χ1n) is 6.64. The first kappa shape index (κ1) is 11.9. The highest BCUT2D eigenvalue weighted by molar-refractivity contribution is 8.17. The highest BCUT2D eigenvalue weighted by atomic mass is 32.2. The van der Waals surface area contributed by atoms with Gasteiger partial charge in [-0.2, -0.15) is 0 Å². The maximum Gasteiger partial charge on any atom is 0.168 e. The summed E-state index contributed by atoms with van der Waals surface area (Å²) in [6.07, 6.45) is 1.92. The molecule has 100 valence electrons. The van der Waals surface area contributed by atoms with Gasteiger partial charge < -0.3 is 9.32 Å². The maximum absolute atomic E-state index is 5.74. The third-order valence-electron chi connectivity index (χ3n) is 3.63. The standard InChI is InChI=1S/C16H14N2OS/c1-3-14-15(18-8-7-17-16(18)20-14)11-5-4-6-13-12(11)9-10(2)19-13/h3-6,9H,1,7-8H2,2H3. The van der Waals surface area contributed by atoms with Crippen LogP contribution in [-0.2, 0) is 0 Å². The first-order chi connectivity index (χ1) is 9.78. The number of aliphatic imine (C=N–C) groups is 1. The first-order valence-corrected chi connectivity index (χ1v) is 7.45. The average Bonchev–Trinajstić information content (AvgIpc) is 3.09. The van der Waals surface area contributed by atoms with Crippen molar-refractivity contribution in [2.24, 2.45) is 4.99 Å². The van der Waals surface area contributed by atoms with Crippen LogP contribution in [0.2, 0.25) is 0 Å². The van der Waals surface area contributed by atoms with Crippen LogP contribution in [0.15, 0.2) is 51.2 Å². The molecule has 0 N–H and O–H groups in total. The fourth-order valence-electron chi connectivity index (χ4n) is 2.81. The van der Waals surface area contributed by atoms with Gasteiger partial charge >= 0.3 is 0 Å². The van der Waals surface area contributed by atoms with Crippen molar-refractivity contribution in [3.05, 3.63) is 53.1 Å². The van der Waals surface area contributed by atoms with E-state index < -0.39 is 0 Å². The van der Waals surface area contributed by atoms with Gasteiger partial charge in [-0.15, -0.1) is 0 Å². The van der Waals surface area contributed by atoms with Gasteiger partial charge in [-0.1, -0.05) is 24.8 Å². The van der Waals surface area contributed by atoms with Gasteiger partial charge in [0.1, 0.15) is 11.3 Å². The topological polar surface area (TPSA) is 28.7 Å². The normalized spacial score (nSPS) is 17.9. The van der Waals surface area contributed by atoms with E-state index in [0.29, 0.717) is 0 Å². The molecule has 4 heteroatoms. The molecule has 0 spiro atoms. The van der Waals surface area contributed by atoms with Crippen molar-refractivity contribution in [1.82, 2.24) is 4.90 Å². The summed E-state index contributed by atoms with van der Waals surface area (Å²) in [5.41, 5.74) is 3.35. The van der Waals surface area contributed by atoms with Crippen molar-refractivity contribution in [1.29, 1.82) is 0 Å². The Bertz CT molecular complexity index is 785. The number of fused-ring (bicyclic) bond motifs is 2. The molecule has 0 amide bonds. The zero-order chi connectivity index (χ0) is 13.7. The van der Waals surface area contributed by atoms with Gasteiger partial charge in [0.2, 0.25) is 0 Å². The van der Waals surface area contributed by atoms with E-state index in [1.165, 1.54) is 16.2 Å². The van der Waals surface area contributed by atoms with Gasteiger partial charge in [-0.05, 0) is 30.8 Å². The molecule has 3 nitrogen and oxygen atoms in total. The van der Waals surface area contributed by atoms with Crippen LogP contribution in [0, 0.1) is 6.92 Å². The predicted molar refractivity (Wildman–Crippen MR) is 84.7 cm³/mol. The molecular formula is C16H14N2OS. The van der Waals surface area contributed by atoms with Crippen LogP contribution in [0.5, 0.6) is 0 Å². The minimum atomic E-state index is 0.872. The van der Waals surface area contributed by atoms with Crippen molar-refractivity contribution in [3.63, 3.8) is 0 Å². The number of nitrogens with zero attached hydrogens (tertiary/aromatic N) is 2. The van der Waals surface area contributed by atoms with Gasteiger partial charge in [-0.3, -0.25) is 4.99 Å². The van der Waals surface area contributed by atoms with E-state index in [4.69, 9.17) is 4.42 Å². The fraction of sp³-hybridized carbons (Fsp3) is 0.188. The monoisotopic (exact) mass is 282 g/mol. The summed E-state index contributed by atoms with van der Waals surface area (Å²) in [5, 5.41) is 2.25. The number of allylic oxidation sites excluding steroid dienone is 1. The van der Waals surface area contributed by atoms with Crippen molar-refractivity contribution in [3.8, 4) is 0 Å². The molecule has 2 aliphatic rings. The minimum absolute atomic E-state index is 0.872. The molecule has 0 atom stereocenters. The highest BCUT2D eigenvalue weighted by Crippen LogP contribution is 2.44. The molecule has 0 fully saturated rings. The summed E-state index contributed by atoms with van der Waals surface area (Å²) in [4.78, 5) is 8.02. The molecule has 0 radical (unpaired) electrons. The Hall–Kier alpha value is -1.94. The van der Waals surface area contributed by atoms with Gasteiger partial charge in [0.15, 0.2) is 5.17 Å². The van der Waals surface area contributed by atoms with Crippen molar-refractivity contribution in [2.45, 2.75) is 6.92 Å². The van der Waals surface area contributed by atoms with E-state index >= 15 is 0 Å². The van der Waals surface area contributed by atoms with Crippen molar-refractivity contribution >= 4 is 33.6 Å². The van der Waals surface area contributed by atoms with Crippen LogP contribution >= 0.6 is 11.8 Å². The summed E-state index contributed by atoms with van der Waals surface area (Å²) in [6, 6.07) is 8.32. The fourth-order valence-corrected chi connectivity index (χ4v) is 3.86. The second-order valence-electron chi connectivity index (χ2n) is 4.91. The van der Waals surface area contributed by atoms with Gasteiger partial charge in [0.25, 0.3) is 0 Å². The van der Waals surface area contributed by atoms with Crippen molar-refractivity contribution in [2.75, 3.05) is 13.1 Å². The number of amidine groups is 1. The molecule has 0 aliphatic carbocycles. The van der Waals surface area contributed by atoms with Crippen LogP contribution in [0.3, 0.4) is 0 Å². The van der Waals surface area contributed by atoms with E-state index in [2.05, 4.69) is 28.6 Å². The number of thioether (sulfide) groups is 1. The molecule has 0 bridgehead atoms. The van der Waals surface area contributed by atoms with Crippen LogP contribution in [-0.4, -0.2) is 23.2 Å². The number of hydrogen-bond donors (Lipinski definition) is 0. The Morgan fingerprint density at radius 1 is 1.45 bits per heavy atom. The molecule has 2 aromatic rings. The van der Waals surface area contributed by atoms with Crippen LogP contribution in [0.1, 0.15) is 11.3 Å². The molecule has 3 heterocycles. The lowest BCUT2D eigenvalue weighted by atomic mass is 10.1. The molecule has 0 saturated heterocycles. The SMILES string of the molecule is C=CC1=C(c2cccc3oc(C)cc23)N2CCN=C2S1. The zero-order valence-corrected chi connectivity index (χ0v) is 12.0. The van der Waals surface area contributed by atoms with Crippen LogP contribution < -0.4 is 0 Å². The molecule has 1 aromatic heterocycles. The molecule has 0 unspecified atom stereocenters. The molecule has 4 rings (SSSR count). The Labute approximate surface area is 121 Å². The van der Waals surface area contributed by atoms with E-state index in [9.17, 15) is 0 Å². The minimum Gasteiger partial charge on any atom is -0.461 e. The smallest absolute Gasteiger partial charge is 0.168 e. The summed E-state index contributed by atoms with van der Waals surface area (Å²) in [6.45, 7) is 7.75. The number of aryl methyl sites for hydroxylation is 1. The Morgan fingerprint density at radius 3 is 3.20 bits per heavy atom. The van der Waals surface area contributed by atoms with Crippen molar-refractivity contribution < 1.29 is 4.42 Å². The quantitative estimate of drug-likeness (QED) is 0.833. The Morgan fingerprint density at radius 2 is 2.35 bits per heavy atom. The van der Waals surface area contributed by atoms with E-state index in [0.717, 1.165) is 35.0 Å². The largest absolute Gasteiger partial charge is 0.461 e. The van der Waals surface area contributed by atoms with E-state index in [-0.39, 0.29) is 0 Å². The third-order valence-corrected chi connectivity index (χ3v) is 4.74. The number of rotatable bonds is 2. The molecular weight excluding hydrogens is 268 g/mol. The van der Waals surface area contributed by atoms with Gasteiger partial charge in [0.05, 0.1) is 12.2 Å². The van der Waals surface area contributed by atoms with E-state index in [1.54, 1.807) is 11.8 Å². The lowest BCUT2D eigenvalue weighted by Gasteiger charge is -2.17. The highest BCUT2D eigenvalue weighted by Gasteiger charge is 2.32. The summed E-state index contributed by atoms with van der Waals surface area (Å²) < 4.78 is 5.74. The Balaban J connectivity index is 1.97. The zero-order valence-electron chi connectivity index (χ0n) is 11.2. The Kier molecular flexibility index (Phi) is 2.54. The summed E-state index contributed by atoms with van der Waals surface area (Å²) in [5.74, 6) is 0.939. The lowest BCUT2D eigenvalue weighted by molar-refractivity contribution is 0.578. The molecule has 1 aromatic carbocycles. The molecule has 0 saturated carbocycles. The molecule has 20 heavy (non-hydrogen) atoms. The van der Waals surface area contributed by atoms with Gasteiger partial charge in [-0.25, -0.2) is 0 Å². The number of furan rings is 1. The van der Waals surface area contributed by atoms with E-state index in [1.807, 2.05) is 25.1 Å². The summed E-state index contributed by atoms with van der Waals surface area (Å²) in [7, 11) is 0. The van der Waals surface area contributed by atoms with Crippen LogP contribution in [0.4, 0.5) is 0 Å². The lowest BCUT2D eigenvalue weighted by Crippen LogP contribution is -2.20. The predicted octanol–water partition coefficient (Wildman–Crippen LogP) is 4.01. The van der Waals surface area contributed by atoms with Crippen LogP contribution in [0.25, 0.3) is 16.7 Å². The summed E-state index contributed by atoms with van der Waals surface area (Å²) >= 11 is 1.71. The maximum atomic E-state index is 5.74. The average molecular weight is 282 g/mol. The van der Waals surface area contributed by atoms with Gasteiger partial charge in [0, 0.05) is 22.4 Å². The molecule has 2 aliphatic heterocycles. The second-order valence-corrected chi connectivity index (χ2v) is 5.92. The second kappa shape index (κ2) is 4.28.